The number of hydrogen-bond acceptors (Lipinski definition) is 6. The van der Waals surface area contributed by atoms with Gasteiger partial charge in [-0.3, -0.25) is 0 Å². The zero-order valence-electron chi connectivity index (χ0n) is 15.2. The molecule has 140 valence electrons. The van der Waals surface area contributed by atoms with Gasteiger partial charge in [0.25, 0.3) is 0 Å². The topological polar surface area (TPSA) is 82.3 Å². The van der Waals surface area contributed by atoms with Crippen molar-refractivity contribution in [3.63, 3.8) is 0 Å². The molecule has 1 aliphatic rings. The number of aryl methyl sites for hydroxylation is 3. The molecular formula is C20H20N2O4S. The third-order valence-corrected chi connectivity index (χ3v) is 6.48. The molecule has 1 aromatic heterocycles. The Morgan fingerprint density at radius 3 is 2.74 bits per heavy atom. The van der Waals surface area contributed by atoms with Crippen LogP contribution in [0.25, 0.3) is 11.4 Å². The van der Waals surface area contributed by atoms with Crippen molar-refractivity contribution in [3.05, 3.63) is 59.0 Å². The summed E-state index contributed by atoms with van der Waals surface area (Å²) in [4.78, 5) is 4.56. The largest absolute Gasteiger partial charge is 0.496 e. The Balaban J connectivity index is 1.58. The molecule has 4 rings (SSSR count). The van der Waals surface area contributed by atoms with E-state index in [2.05, 4.69) is 10.1 Å². The molecule has 0 radical (unpaired) electrons. The van der Waals surface area contributed by atoms with Crippen molar-refractivity contribution in [2.24, 2.45) is 0 Å². The summed E-state index contributed by atoms with van der Waals surface area (Å²) in [5, 5.41) is 3.92. The number of nitrogens with zero attached hydrogens (tertiary/aromatic N) is 2. The van der Waals surface area contributed by atoms with Gasteiger partial charge in [-0.25, -0.2) is 8.42 Å². The number of rotatable bonds is 5. The monoisotopic (exact) mass is 384 g/mol. The normalized spacial score (nSPS) is 13.6. The van der Waals surface area contributed by atoms with Crippen LogP contribution in [0.4, 0.5) is 0 Å². The fraction of sp³-hybridized carbons (Fsp3) is 0.300. The highest BCUT2D eigenvalue weighted by atomic mass is 32.2. The molecule has 0 aliphatic heterocycles. The molecule has 0 atom stereocenters. The lowest BCUT2D eigenvalue weighted by Gasteiger charge is -2.05. The first-order valence-electron chi connectivity index (χ1n) is 8.78. The number of aromatic nitrogens is 2. The summed E-state index contributed by atoms with van der Waals surface area (Å²) in [6.07, 6.45) is 3.02. The molecular weight excluding hydrogens is 364 g/mol. The van der Waals surface area contributed by atoms with Gasteiger partial charge in [0.2, 0.25) is 11.7 Å². The van der Waals surface area contributed by atoms with Crippen LogP contribution in [-0.2, 0) is 28.4 Å². The van der Waals surface area contributed by atoms with Crippen LogP contribution < -0.4 is 4.74 Å². The second-order valence-corrected chi connectivity index (χ2v) is 8.73. The maximum absolute atomic E-state index is 12.7. The Labute approximate surface area is 158 Å². The van der Waals surface area contributed by atoms with E-state index in [1.165, 1.54) is 5.56 Å². The molecule has 0 spiro atoms. The van der Waals surface area contributed by atoms with Crippen molar-refractivity contribution >= 4 is 9.84 Å². The van der Waals surface area contributed by atoms with Crippen LogP contribution >= 0.6 is 0 Å². The standard InChI is InChI=1S/C20H20N2O4S/c1-13-6-7-16(11-18(13)25-2)20-21-19(26-22-20)12-27(23,24)17-9-8-14-4-3-5-15(14)10-17/h6-11H,3-5,12H2,1-2H3. The lowest BCUT2D eigenvalue weighted by Crippen LogP contribution is -2.06. The quantitative estimate of drug-likeness (QED) is 0.669. The highest BCUT2D eigenvalue weighted by molar-refractivity contribution is 7.90. The van der Waals surface area contributed by atoms with Crippen molar-refractivity contribution in [3.8, 4) is 17.1 Å². The van der Waals surface area contributed by atoms with Crippen molar-refractivity contribution in [1.29, 1.82) is 0 Å². The van der Waals surface area contributed by atoms with Crippen LogP contribution in [0.2, 0.25) is 0 Å². The summed E-state index contributed by atoms with van der Waals surface area (Å²) in [7, 11) is -1.95. The summed E-state index contributed by atoms with van der Waals surface area (Å²) in [6, 6.07) is 10.9. The minimum atomic E-state index is -3.54. The zero-order valence-corrected chi connectivity index (χ0v) is 16.0. The predicted octanol–water partition coefficient (Wildman–Crippen LogP) is 3.52. The van der Waals surface area contributed by atoms with E-state index < -0.39 is 9.84 Å². The molecule has 0 amide bonds. The van der Waals surface area contributed by atoms with Crippen LogP contribution in [-0.4, -0.2) is 25.7 Å². The Bertz CT molecular complexity index is 1100. The Hall–Kier alpha value is -2.67. The number of sulfone groups is 1. The molecule has 0 saturated heterocycles. The zero-order chi connectivity index (χ0) is 19.0. The fourth-order valence-electron chi connectivity index (χ4n) is 3.38. The van der Waals surface area contributed by atoms with Gasteiger partial charge >= 0.3 is 0 Å². The second kappa shape index (κ2) is 6.81. The lowest BCUT2D eigenvalue weighted by atomic mass is 10.1. The number of hydrogen-bond donors (Lipinski definition) is 0. The van der Waals surface area contributed by atoms with E-state index in [1.54, 1.807) is 25.3 Å². The summed E-state index contributed by atoms with van der Waals surface area (Å²) in [5.74, 6) is 0.809. The molecule has 0 fully saturated rings. The van der Waals surface area contributed by atoms with Crippen LogP contribution in [0.15, 0.2) is 45.8 Å². The van der Waals surface area contributed by atoms with Gasteiger partial charge in [-0.05, 0) is 61.1 Å². The molecule has 27 heavy (non-hydrogen) atoms. The number of fused-ring (bicyclic) bond motifs is 1. The van der Waals surface area contributed by atoms with Crippen molar-refractivity contribution < 1.29 is 17.7 Å². The van der Waals surface area contributed by atoms with Gasteiger partial charge in [0.15, 0.2) is 9.84 Å². The van der Waals surface area contributed by atoms with E-state index in [0.717, 1.165) is 30.4 Å². The molecule has 6 nitrogen and oxygen atoms in total. The molecule has 3 aromatic rings. The Morgan fingerprint density at radius 1 is 1.11 bits per heavy atom. The van der Waals surface area contributed by atoms with Crippen molar-refractivity contribution in [2.75, 3.05) is 7.11 Å². The first-order chi connectivity index (χ1) is 13.0. The smallest absolute Gasteiger partial charge is 0.242 e. The third-order valence-electron chi connectivity index (χ3n) is 4.88. The third kappa shape index (κ3) is 3.47. The van der Waals surface area contributed by atoms with E-state index in [0.29, 0.717) is 22.0 Å². The molecule has 0 unspecified atom stereocenters. The van der Waals surface area contributed by atoms with E-state index >= 15 is 0 Å². The van der Waals surface area contributed by atoms with Gasteiger partial charge in [-0.1, -0.05) is 23.4 Å². The summed E-state index contributed by atoms with van der Waals surface area (Å²) < 4.78 is 36.0. The lowest BCUT2D eigenvalue weighted by molar-refractivity contribution is 0.389. The summed E-state index contributed by atoms with van der Waals surface area (Å²) >= 11 is 0. The van der Waals surface area contributed by atoms with Crippen molar-refractivity contribution in [1.82, 2.24) is 10.1 Å². The first kappa shape index (κ1) is 17.7. The first-order valence-corrected chi connectivity index (χ1v) is 10.4. The molecule has 0 saturated carbocycles. The van der Waals surface area contributed by atoms with E-state index in [9.17, 15) is 8.42 Å². The molecule has 1 aliphatic carbocycles. The van der Waals surface area contributed by atoms with Gasteiger partial charge in [-0.15, -0.1) is 0 Å². The van der Waals surface area contributed by atoms with Gasteiger partial charge in [0, 0.05) is 5.56 Å². The maximum Gasteiger partial charge on any atom is 0.242 e. The summed E-state index contributed by atoms with van der Waals surface area (Å²) in [5.41, 5.74) is 4.06. The highest BCUT2D eigenvalue weighted by Crippen LogP contribution is 2.28. The fourth-order valence-corrected chi connectivity index (χ4v) is 4.58. The number of benzene rings is 2. The van der Waals surface area contributed by atoms with E-state index in [-0.39, 0.29) is 11.6 Å². The molecule has 1 heterocycles. The maximum atomic E-state index is 12.7. The SMILES string of the molecule is COc1cc(-c2noc(CS(=O)(=O)c3ccc4c(c3)CCC4)n2)ccc1C. The van der Waals surface area contributed by atoms with Crippen LogP contribution in [0.5, 0.6) is 5.75 Å². The number of ether oxygens (including phenoxy) is 1. The Morgan fingerprint density at radius 2 is 1.93 bits per heavy atom. The van der Waals surface area contributed by atoms with E-state index in [4.69, 9.17) is 9.26 Å². The van der Waals surface area contributed by atoms with Crippen LogP contribution in [0.3, 0.4) is 0 Å². The summed E-state index contributed by atoms with van der Waals surface area (Å²) in [6.45, 7) is 1.94. The molecule has 0 bridgehead atoms. The minimum absolute atomic E-state index is 0.0741. The van der Waals surface area contributed by atoms with Gasteiger partial charge in [0.05, 0.1) is 12.0 Å². The van der Waals surface area contributed by atoms with E-state index in [1.807, 2.05) is 25.1 Å². The molecule has 2 aromatic carbocycles. The average molecular weight is 384 g/mol. The van der Waals surface area contributed by atoms with Gasteiger partial charge < -0.3 is 9.26 Å². The van der Waals surface area contributed by atoms with Crippen LogP contribution in [0.1, 0.15) is 29.0 Å². The van der Waals surface area contributed by atoms with Crippen LogP contribution in [0, 0.1) is 6.92 Å². The molecule has 0 N–H and O–H groups in total. The predicted molar refractivity (Wildman–Crippen MR) is 100 cm³/mol. The average Bonchev–Trinajstić information content (AvgIpc) is 3.30. The van der Waals surface area contributed by atoms with Gasteiger partial charge in [-0.2, -0.15) is 4.98 Å². The van der Waals surface area contributed by atoms with Gasteiger partial charge in [0.1, 0.15) is 11.5 Å². The molecule has 7 heteroatoms. The number of methoxy groups -OCH3 is 1. The second-order valence-electron chi connectivity index (χ2n) is 6.74. The van der Waals surface area contributed by atoms with Crippen molar-refractivity contribution in [2.45, 2.75) is 36.8 Å². The highest BCUT2D eigenvalue weighted by Gasteiger charge is 2.22. The Kier molecular flexibility index (Phi) is 4.47. The minimum Gasteiger partial charge on any atom is -0.496 e.